The summed E-state index contributed by atoms with van der Waals surface area (Å²) in [4.78, 5) is 0. The first kappa shape index (κ1) is 50.6. The standard InChI is InChI=1S/2Al.3BrH.6H/h;;3*1H;;;;;;. The molecule has 5 heavy (non-hydrogen) atoms. The topological polar surface area (TPSA) is 0 Å². The zero-order valence-corrected chi connectivity index (χ0v) is 6.36. The number of rotatable bonds is 0. The molecule has 0 bridgehead atoms. The first-order valence-corrected chi connectivity index (χ1v) is 0. The maximum atomic E-state index is 0. The molecule has 0 aliphatic heterocycles. The van der Waals surface area contributed by atoms with Gasteiger partial charge in [-0.1, -0.05) is 0 Å². The van der Waals surface area contributed by atoms with Crippen LogP contribution in [0.3, 0.4) is 0 Å². The smallest absolute Gasteiger partial charge is 0.114 e. The molecular formula is H9Al2Br3. The Bertz CT molecular complexity index is 4.85. The zero-order chi connectivity index (χ0) is 0. The number of hydrogen-bond donors (Lipinski definition) is 0. The van der Waals surface area contributed by atoms with Crippen molar-refractivity contribution in [2.24, 2.45) is 0 Å². The fourth-order valence-corrected chi connectivity index (χ4v) is 0. The molecule has 0 aliphatic carbocycles. The summed E-state index contributed by atoms with van der Waals surface area (Å²) in [5.74, 6) is 0. The molecule has 0 aromatic heterocycles. The van der Waals surface area contributed by atoms with E-state index in [9.17, 15) is 0 Å². The summed E-state index contributed by atoms with van der Waals surface area (Å²) in [5.41, 5.74) is 0. The lowest BCUT2D eigenvalue weighted by molar-refractivity contribution is 5.75. The van der Waals surface area contributed by atoms with Gasteiger partial charge in [-0.3, -0.25) is 0 Å². The summed E-state index contributed by atoms with van der Waals surface area (Å²) in [7, 11) is 0. The summed E-state index contributed by atoms with van der Waals surface area (Å²) in [5, 5.41) is 0. The Balaban J connectivity index is 0. The predicted molar refractivity (Wildman–Crippen MR) is 50.8 cm³/mol. The third kappa shape index (κ3) is 21.0. The molecule has 36 valence electrons. The molecule has 0 unspecified atom stereocenters. The minimum Gasteiger partial charge on any atom is -0.114 e. The highest BCUT2D eigenvalue weighted by Gasteiger charge is 0.188. The summed E-state index contributed by atoms with van der Waals surface area (Å²) < 4.78 is 0. The van der Waals surface area contributed by atoms with Crippen molar-refractivity contribution in [2.75, 3.05) is 0 Å². The summed E-state index contributed by atoms with van der Waals surface area (Å²) in [6, 6.07) is 0. The molecule has 0 aromatic carbocycles. The second kappa shape index (κ2) is 31.4. The minimum atomic E-state index is 0. The van der Waals surface area contributed by atoms with Gasteiger partial charge in [0.2, 0.25) is 0 Å². The molecule has 5 heteroatoms. The summed E-state index contributed by atoms with van der Waals surface area (Å²) >= 11 is 0. The van der Waals surface area contributed by atoms with Crippen molar-refractivity contribution in [1.29, 1.82) is 0 Å². The Morgan fingerprint density at radius 2 is 0.400 bits per heavy atom. The Labute approximate surface area is 84.7 Å². The van der Waals surface area contributed by atoms with Crippen LogP contribution in [0.15, 0.2) is 0 Å². The van der Waals surface area contributed by atoms with Crippen molar-refractivity contribution >= 4 is 85.7 Å². The molecule has 0 atom stereocenters. The fraction of sp³-hybridized carbons (Fsp3) is 0. The Kier molecular flexibility index (Phi) is 318. The van der Waals surface area contributed by atoms with Gasteiger partial charge in [-0.2, -0.15) is 0 Å². The van der Waals surface area contributed by atoms with Crippen molar-refractivity contribution in [2.45, 2.75) is 0 Å². The second-order valence-electron chi connectivity index (χ2n) is 0. The minimum absolute atomic E-state index is 0. The van der Waals surface area contributed by atoms with Crippen LogP contribution in [-0.4, -0.2) is 34.7 Å². The van der Waals surface area contributed by atoms with Gasteiger partial charge in [0.05, 0.1) is 0 Å². The molecule has 0 rings (SSSR count). The second-order valence-corrected chi connectivity index (χ2v) is 0. The molecular weight excluding hydrogens is 294 g/mol. The summed E-state index contributed by atoms with van der Waals surface area (Å²) in [6.07, 6.45) is 0. The highest BCUT2D eigenvalue weighted by Crippen LogP contribution is 0.848. The Morgan fingerprint density at radius 1 is 0.400 bits per heavy atom. The van der Waals surface area contributed by atoms with Crippen molar-refractivity contribution < 1.29 is 0 Å². The lowest BCUT2D eigenvalue weighted by Gasteiger charge is -0.115. The van der Waals surface area contributed by atoms with E-state index in [0.717, 1.165) is 0 Å². The van der Waals surface area contributed by atoms with Gasteiger partial charge in [-0.25, -0.2) is 0 Å². The van der Waals surface area contributed by atoms with E-state index in [1.807, 2.05) is 0 Å². The maximum Gasteiger partial charge on any atom is 0.187 e. The van der Waals surface area contributed by atoms with E-state index in [1.54, 1.807) is 0 Å². The van der Waals surface area contributed by atoms with E-state index in [-0.39, 0.29) is 85.7 Å². The van der Waals surface area contributed by atoms with Gasteiger partial charge in [-0.15, -0.1) is 50.9 Å². The SMILES string of the molecule is Br.Br.Br.[AlH3].[AlH3]. The molecule has 0 saturated carbocycles. The van der Waals surface area contributed by atoms with Gasteiger partial charge in [0, 0.05) is 0 Å². The van der Waals surface area contributed by atoms with Crippen LogP contribution in [0.2, 0.25) is 0 Å². The van der Waals surface area contributed by atoms with E-state index in [1.165, 1.54) is 0 Å². The van der Waals surface area contributed by atoms with Gasteiger partial charge < -0.3 is 0 Å². The van der Waals surface area contributed by atoms with Gasteiger partial charge >= 0.3 is 0 Å². The first-order valence-electron chi connectivity index (χ1n) is 0. The average molecular weight is 303 g/mol. The van der Waals surface area contributed by atoms with Gasteiger partial charge in [0.25, 0.3) is 0 Å². The van der Waals surface area contributed by atoms with Gasteiger partial charge in [0.1, 0.15) is 0 Å². The lowest BCUT2D eigenvalue weighted by Crippen LogP contribution is -0.382. The quantitative estimate of drug-likeness (QED) is 0.523. The van der Waals surface area contributed by atoms with Crippen LogP contribution in [0.4, 0.5) is 0 Å². The highest BCUT2D eigenvalue weighted by molar-refractivity contribution is 8.93. The molecule has 0 amide bonds. The molecule has 0 spiro atoms. The van der Waals surface area contributed by atoms with E-state index in [4.69, 9.17) is 0 Å². The van der Waals surface area contributed by atoms with Crippen LogP contribution in [0.25, 0.3) is 0 Å². The largest absolute Gasteiger partial charge is 0.187 e. The third-order valence-corrected chi connectivity index (χ3v) is 0. The summed E-state index contributed by atoms with van der Waals surface area (Å²) in [6.45, 7) is 0. The van der Waals surface area contributed by atoms with E-state index < -0.39 is 0 Å². The first-order chi connectivity index (χ1) is 0. The Morgan fingerprint density at radius 3 is 0.400 bits per heavy atom. The molecule has 0 aliphatic rings. The van der Waals surface area contributed by atoms with Crippen LogP contribution >= 0.6 is 50.9 Å². The lowest BCUT2D eigenvalue weighted by atomic mass is 27.0. The van der Waals surface area contributed by atoms with Crippen LogP contribution in [-0.2, 0) is 0 Å². The van der Waals surface area contributed by atoms with Crippen molar-refractivity contribution in [3.63, 3.8) is 0 Å². The van der Waals surface area contributed by atoms with E-state index in [0.29, 0.717) is 0 Å². The Hall–Kier alpha value is 2.50. The molecule has 0 nitrogen and oxygen atoms in total. The van der Waals surface area contributed by atoms with Gasteiger partial charge in [-0.05, 0) is 0 Å². The van der Waals surface area contributed by atoms with E-state index >= 15 is 0 Å². The molecule has 0 aromatic rings. The molecule has 0 N–H and O–H groups in total. The molecule has 0 fully saturated rings. The van der Waals surface area contributed by atoms with Crippen LogP contribution in [0, 0.1) is 0 Å². The predicted octanol–water partition coefficient (Wildman–Crippen LogP) is -0.634. The van der Waals surface area contributed by atoms with Gasteiger partial charge in [0.15, 0.2) is 34.7 Å². The molecule has 0 radical (unpaired) electrons. The third-order valence-electron chi connectivity index (χ3n) is 0. The maximum absolute atomic E-state index is 0. The average Bonchev–Trinajstić information content (AvgIpc) is 0. The van der Waals surface area contributed by atoms with Crippen LogP contribution < -0.4 is 0 Å². The molecule has 0 saturated heterocycles. The van der Waals surface area contributed by atoms with Crippen molar-refractivity contribution in [3.05, 3.63) is 0 Å². The number of hydrogen-bond acceptors (Lipinski definition) is 0. The van der Waals surface area contributed by atoms with Crippen molar-refractivity contribution in [1.82, 2.24) is 0 Å². The van der Waals surface area contributed by atoms with Crippen LogP contribution in [0.5, 0.6) is 0 Å². The fourth-order valence-electron chi connectivity index (χ4n) is 0. The number of halogens is 3. The van der Waals surface area contributed by atoms with Crippen molar-refractivity contribution in [3.8, 4) is 0 Å². The van der Waals surface area contributed by atoms with Crippen LogP contribution in [0.1, 0.15) is 0 Å². The monoisotopic (exact) mass is 300 g/mol. The normalized spacial score (nSPS) is 0. The highest BCUT2D eigenvalue weighted by atomic mass is 79.9. The molecule has 0 heterocycles. The van der Waals surface area contributed by atoms with E-state index in [2.05, 4.69) is 0 Å². The zero-order valence-electron chi connectivity index (χ0n) is 1.22.